The maximum atomic E-state index is 13.1. The number of esters is 1. The smallest absolute Gasteiger partial charge is 0.416 e. The lowest BCUT2D eigenvalue weighted by molar-refractivity contribution is -0.137. The van der Waals surface area contributed by atoms with E-state index in [1.807, 2.05) is 0 Å². The van der Waals surface area contributed by atoms with E-state index in [-0.39, 0.29) is 24.5 Å². The first-order chi connectivity index (χ1) is 28.4. The van der Waals surface area contributed by atoms with Crippen LogP contribution in [0.3, 0.4) is 0 Å². The van der Waals surface area contributed by atoms with Gasteiger partial charge in [0.05, 0.1) is 156 Å². The van der Waals surface area contributed by atoms with E-state index in [2.05, 4.69) is 12.2 Å². The van der Waals surface area contributed by atoms with Crippen molar-refractivity contribution in [1.29, 1.82) is 0 Å². The summed E-state index contributed by atoms with van der Waals surface area (Å²) in [6, 6.07) is 11.1. The molecule has 332 valence electrons. The topological polar surface area (TPSA) is 140 Å². The molecule has 0 aromatic heterocycles. The standard InChI is InChI=1S/C41H64F3NO13/c1-2-3-6-12-47-13-14-48-15-16-49-17-18-50-19-20-51-21-22-52-23-24-53-25-26-54-27-28-55-29-30-56-31-32-57-33-34-58-40(46)38-10-4-5-11-39(38)45-37-9-7-8-36(35-37)41(42,43)44/h4-5,7-11,35,45H,2-3,6,12-34H2,1H3. The lowest BCUT2D eigenvalue weighted by Crippen LogP contribution is -2.16. The van der Waals surface area contributed by atoms with Gasteiger partial charge in [-0.15, -0.1) is 0 Å². The fraction of sp³-hybridized carbons (Fsp3) is 0.683. The summed E-state index contributed by atoms with van der Waals surface area (Å²) in [5.74, 6) is -0.629. The van der Waals surface area contributed by atoms with Crippen molar-refractivity contribution >= 4 is 17.3 Å². The van der Waals surface area contributed by atoms with Crippen LogP contribution in [0.25, 0.3) is 0 Å². The van der Waals surface area contributed by atoms with Crippen LogP contribution in [0, 0.1) is 0 Å². The molecule has 0 aliphatic heterocycles. The predicted molar refractivity (Wildman–Crippen MR) is 210 cm³/mol. The summed E-state index contributed by atoms with van der Waals surface area (Å²) >= 11 is 0. The molecule has 14 nitrogen and oxygen atoms in total. The number of nitrogens with one attached hydrogen (secondary N) is 1. The van der Waals surface area contributed by atoms with Gasteiger partial charge >= 0.3 is 12.1 Å². The maximum absolute atomic E-state index is 13.1. The maximum Gasteiger partial charge on any atom is 0.416 e. The first-order valence-corrected chi connectivity index (χ1v) is 20.0. The van der Waals surface area contributed by atoms with Crippen LogP contribution >= 0.6 is 0 Å². The molecular weight excluding hydrogens is 771 g/mol. The Bertz CT molecular complexity index is 1260. The number of alkyl halides is 3. The average molecular weight is 836 g/mol. The van der Waals surface area contributed by atoms with Gasteiger partial charge in [0.25, 0.3) is 0 Å². The summed E-state index contributed by atoms with van der Waals surface area (Å²) in [5.41, 5.74) is -0.0917. The zero-order chi connectivity index (χ0) is 41.6. The number of para-hydroxylation sites is 1. The number of hydrogen-bond donors (Lipinski definition) is 1. The molecule has 0 heterocycles. The first kappa shape index (κ1) is 51.2. The van der Waals surface area contributed by atoms with Crippen molar-refractivity contribution in [3.8, 4) is 0 Å². The third kappa shape index (κ3) is 28.5. The zero-order valence-electron chi connectivity index (χ0n) is 33.9. The van der Waals surface area contributed by atoms with Gasteiger partial charge in [0.1, 0.15) is 6.61 Å². The highest BCUT2D eigenvalue weighted by Crippen LogP contribution is 2.32. The van der Waals surface area contributed by atoms with Crippen molar-refractivity contribution in [1.82, 2.24) is 0 Å². The summed E-state index contributed by atoms with van der Waals surface area (Å²) in [4.78, 5) is 12.6. The van der Waals surface area contributed by atoms with Gasteiger partial charge < -0.3 is 62.2 Å². The minimum Gasteiger partial charge on any atom is -0.460 e. The number of hydrogen-bond acceptors (Lipinski definition) is 14. The van der Waals surface area contributed by atoms with Crippen LogP contribution in [-0.2, 0) is 63.0 Å². The lowest BCUT2D eigenvalue weighted by atomic mass is 10.1. The normalized spacial score (nSPS) is 11.7. The number of rotatable bonds is 40. The third-order valence-electron chi connectivity index (χ3n) is 7.69. The minimum atomic E-state index is -4.48. The van der Waals surface area contributed by atoms with E-state index in [0.29, 0.717) is 138 Å². The molecule has 2 aromatic rings. The van der Waals surface area contributed by atoms with Gasteiger partial charge in [-0.1, -0.05) is 38.0 Å². The van der Waals surface area contributed by atoms with Crippen molar-refractivity contribution < 1.29 is 74.8 Å². The summed E-state index contributed by atoms with van der Waals surface area (Å²) < 4.78 is 105. The molecule has 0 aliphatic rings. The van der Waals surface area contributed by atoms with Crippen LogP contribution in [0.2, 0.25) is 0 Å². The van der Waals surface area contributed by atoms with Crippen molar-refractivity contribution in [2.24, 2.45) is 0 Å². The first-order valence-electron chi connectivity index (χ1n) is 20.0. The summed E-state index contributed by atoms with van der Waals surface area (Å²) in [5, 5.41) is 2.86. The third-order valence-corrected chi connectivity index (χ3v) is 7.69. The van der Waals surface area contributed by atoms with E-state index in [9.17, 15) is 18.0 Å². The molecule has 0 saturated heterocycles. The molecule has 2 rings (SSSR count). The summed E-state index contributed by atoms with van der Waals surface area (Å²) in [6.07, 6.45) is -0.977. The molecule has 1 N–H and O–H groups in total. The van der Waals surface area contributed by atoms with Gasteiger partial charge in [0.15, 0.2) is 0 Å². The number of carbonyl (C=O) groups is 1. The largest absolute Gasteiger partial charge is 0.460 e. The minimum absolute atomic E-state index is 0.00260. The predicted octanol–water partition coefficient (Wildman–Crippen LogP) is 5.98. The molecule has 0 aliphatic carbocycles. The van der Waals surface area contributed by atoms with Gasteiger partial charge in [-0.05, 0) is 36.8 Å². The summed E-state index contributed by atoms with van der Waals surface area (Å²) in [7, 11) is 0. The molecule has 0 bridgehead atoms. The summed E-state index contributed by atoms with van der Waals surface area (Å²) in [6.45, 7) is 12.5. The van der Waals surface area contributed by atoms with Gasteiger partial charge in [-0.2, -0.15) is 13.2 Å². The highest BCUT2D eigenvalue weighted by atomic mass is 19.4. The van der Waals surface area contributed by atoms with E-state index >= 15 is 0 Å². The van der Waals surface area contributed by atoms with Gasteiger partial charge in [0, 0.05) is 12.3 Å². The number of halogens is 3. The van der Waals surface area contributed by atoms with E-state index in [1.54, 1.807) is 18.2 Å². The van der Waals surface area contributed by atoms with Gasteiger partial charge in [-0.3, -0.25) is 0 Å². The Kier molecular flexibility index (Phi) is 31.7. The average Bonchev–Trinajstić information content (AvgIpc) is 3.22. The van der Waals surface area contributed by atoms with E-state index in [4.69, 9.17) is 56.8 Å². The molecule has 0 spiro atoms. The Labute approximate surface area is 341 Å². The zero-order valence-corrected chi connectivity index (χ0v) is 33.9. The van der Waals surface area contributed by atoms with Crippen molar-refractivity contribution in [2.45, 2.75) is 32.4 Å². The number of ether oxygens (including phenoxy) is 12. The van der Waals surface area contributed by atoms with Crippen LogP contribution in [-0.4, -0.2) is 158 Å². The molecule has 17 heteroatoms. The Morgan fingerprint density at radius 3 is 1.26 bits per heavy atom. The van der Waals surface area contributed by atoms with Crippen molar-refractivity contribution in [2.75, 3.05) is 157 Å². The van der Waals surface area contributed by atoms with Crippen LogP contribution in [0.1, 0.15) is 42.1 Å². The van der Waals surface area contributed by atoms with Gasteiger partial charge in [0.2, 0.25) is 0 Å². The van der Waals surface area contributed by atoms with Crippen molar-refractivity contribution in [3.63, 3.8) is 0 Å². The van der Waals surface area contributed by atoms with E-state index in [1.165, 1.54) is 31.0 Å². The van der Waals surface area contributed by atoms with E-state index < -0.39 is 17.7 Å². The lowest BCUT2D eigenvalue weighted by Gasteiger charge is -2.13. The number of anilines is 2. The Hall–Kier alpha value is -2.94. The van der Waals surface area contributed by atoms with Crippen LogP contribution in [0.5, 0.6) is 0 Å². The SMILES string of the molecule is CCCCCOCCOCCOCCOCCOCCOCCOCCOCCOCCOCCOCCOC(=O)c1ccccc1Nc1cccc(C(F)(F)F)c1. The number of unbranched alkanes of at least 4 members (excludes halogenated alkanes) is 2. The molecule has 58 heavy (non-hydrogen) atoms. The Morgan fingerprint density at radius 1 is 0.483 bits per heavy atom. The molecule has 0 saturated carbocycles. The quantitative estimate of drug-likeness (QED) is 0.0622. The number of carbonyl (C=O) groups excluding carboxylic acids is 1. The van der Waals surface area contributed by atoms with Gasteiger partial charge in [-0.25, -0.2) is 4.79 Å². The van der Waals surface area contributed by atoms with Crippen molar-refractivity contribution in [3.05, 3.63) is 59.7 Å². The molecule has 0 amide bonds. The Balaban J connectivity index is 1.26. The monoisotopic (exact) mass is 835 g/mol. The fourth-order valence-corrected chi connectivity index (χ4v) is 4.73. The second-order valence-corrected chi connectivity index (χ2v) is 12.3. The molecular formula is C41H64F3NO13. The molecule has 0 atom stereocenters. The van der Waals surface area contributed by atoms with Crippen LogP contribution in [0.4, 0.5) is 24.5 Å². The Morgan fingerprint density at radius 2 is 0.862 bits per heavy atom. The highest BCUT2D eigenvalue weighted by molar-refractivity contribution is 5.96. The highest BCUT2D eigenvalue weighted by Gasteiger charge is 2.30. The van der Waals surface area contributed by atoms with Crippen LogP contribution < -0.4 is 5.32 Å². The molecule has 2 aromatic carbocycles. The molecule has 0 radical (unpaired) electrons. The molecule has 0 fully saturated rings. The molecule has 0 unspecified atom stereocenters. The fourth-order valence-electron chi connectivity index (χ4n) is 4.73. The van der Waals surface area contributed by atoms with Crippen LogP contribution in [0.15, 0.2) is 48.5 Å². The number of benzene rings is 2. The second kappa shape index (κ2) is 36.0. The van der Waals surface area contributed by atoms with E-state index in [0.717, 1.165) is 25.2 Å². The second-order valence-electron chi connectivity index (χ2n) is 12.3.